The second kappa shape index (κ2) is 39.4. The summed E-state index contributed by atoms with van der Waals surface area (Å²) in [5, 5.41) is 31.9. The van der Waals surface area contributed by atoms with Gasteiger partial charge in [-0.3, -0.25) is 34.4 Å². The number of carboxylic acid groups (broad SMARTS) is 1. The predicted molar refractivity (Wildman–Crippen MR) is 492 cm³/mol. The first-order chi connectivity index (χ1) is 60.4. The number of nitrogens with one attached hydrogen (secondary N) is 2. The Hall–Kier alpha value is -15.5. The molecule has 0 bridgehead atoms. The minimum Gasteiger partial charge on any atom is -0.478 e. The maximum atomic E-state index is 14.1. The highest BCUT2D eigenvalue weighted by molar-refractivity contribution is 6.59. The van der Waals surface area contributed by atoms with Crippen LogP contribution in [0.4, 0.5) is 55.6 Å². The van der Waals surface area contributed by atoms with Crippen molar-refractivity contribution < 1.29 is 58.0 Å². The summed E-state index contributed by atoms with van der Waals surface area (Å²) in [5.74, 6) is 4.27. The number of aryl methyl sites for hydroxylation is 6. The van der Waals surface area contributed by atoms with Crippen LogP contribution in [0.1, 0.15) is 93.3 Å². The number of para-hydroxylation sites is 3. The van der Waals surface area contributed by atoms with E-state index >= 15 is 0 Å². The molecule has 0 unspecified atom stereocenters. The molecule has 1 aliphatic carbocycles. The molecule has 0 spiro atoms. The number of benzene rings is 9. The van der Waals surface area contributed by atoms with E-state index in [1.54, 1.807) is 108 Å². The van der Waals surface area contributed by atoms with E-state index in [-0.39, 0.29) is 29.7 Å². The number of aromatic nitrogens is 10. The second-order valence-electron chi connectivity index (χ2n) is 32.2. The number of rotatable bonds is 18. The van der Waals surface area contributed by atoms with Crippen LogP contribution in [0.3, 0.4) is 0 Å². The Morgan fingerprint density at radius 2 is 0.898 bits per heavy atom. The number of amides is 3. The normalized spacial score (nSPS) is 12.2. The molecule has 0 atom stereocenters. The number of nitrogens with two attached hydrogens (primary N) is 4. The number of fused-ring (bicyclic) bond motifs is 3. The van der Waals surface area contributed by atoms with Crippen LogP contribution in [0, 0.1) is 41.5 Å². The number of aliphatic carboxylic acids is 1. The third-order valence-electron chi connectivity index (χ3n) is 19.4. The molecule has 9 aromatic carbocycles. The molecule has 33 heteroatoms. The number of likely N-dealkylation sites (N-methyl/N-ethyl adjacent to an activating group) is 1. The lowest BCUT2D eigenvalue weighted by atomic mass is 9.77. The maximum absolute atomic E-state index is 14.1. The van der Waals surface area contributed by atoms with Gasteiger partial charge in [-0.05, 0) is 281 Å². The molecule has 1 fully saturated rings. The summed E-state index contributed by atoms with van der Waals surface area (Å²) in [6.07, 6.45) is 8.37. The number of hydrogen-bond donors (Lipinski definition) is 9. The van der Waals surface area contributed by atoms with Gasteiger partial charge in [0.05, 0.1) is 34.9 Å². The van der Waals surface area contributed by atoms with Gasteiger partial charge in [0.2, 0.25) is 5.91 Å². The van der Waals surface area contributed by atoms with E-state index in [1.807, 2.05) is 188 Å². The zero-order chi connectivity index (χ0) is 91.3. The monoisotopic (exact) mass is 1710 g/mol. The molecule has 32 nitrogen and oxygen atoms in total. The molecular weight excluding hydrogens is 1620 g/mol. The van der Waals surface area contributed by atoms with Crippen molar-refractivity contribution in [1.29, 1.82) is 0 Å². The summed E-state index contributed by atoms with van der Waals surface area (Å²) in [7, 11) is 0.574. The third kappa shape index (κ3) is 23.3. The minimum atomic E-state index is -1.44. The van der Waals surface area contributed by atoms with Crippen molar-refractivity contribution in [3.8, 4) is 57.2 Å². The molecule has 14 aromatic rings. The van der Waals surface area contributed by atoms with E-state index in [4.69, 9.17) is 61.8 Å². The largest absolute Gasteiger partial charge is 0.488 e. The molecule has 1 saturated carbocycles. The lowest BCUT2D eigenvalue weighted by molar-refractivity contribution is -0.131. The SMILES string of the molecule is CN(C/C=C/C(=O)O)C1CC1.Cc1cc(N)cc(-n2c(=O)n(-c3ccc(Oc4ccccc4)cc3C)c3c(N)ncnc32)c1.Cc1cc(NC(=O)OC(C)(C)C)cc(-n2c(=O)n(-c3ccc(Oc4ccccc4)cc3C)c3c(N)ncnc32)c1.Cc1cc(NC(=O)OC(C)(C)C)cc(N2C(=O)Cc3c(N)ncnc32)c1.Cc1cc(Oc2ccccc2)ccc1B(O)O. The van der Waals surface area contributed by atoms with Crippen molar-refractivity contribution in [3.05, 3.63) is 291 Å². The fourth-order valence-corrected chi connectivity index (χ4v) is 13.8. The zero-order valence-corrected chi connectivity index (χ0v) is 72.4. The number of carbonyl (C=O) groups is 4. The molecule has 127 heavy (non-hydrogen) atoms. The van der Waals surface area contributed by atoms with Gasteiger partial charge >= 0.3 is 36.7 Å². The van der Waals surface area contributed by atoms with Gasteiger partial charge in [-0.2, -0.15) is 0 Å². The Kier molecular flexibility index (Phi) is 28.1. The van der Waals surface area contributed by atoms with Crippen LogP contribution in [0.5, 0.6) is 34.5 Å². The van der Waals surface area contributed by atoms with Crippen molar-refractivity contribution in [2.75, 3.05) is 52.1 Å². The van der Waals surface area contributed by atoms with Crippen LogP contribution in [0.2, 0.25) is 0 Å². The molecule has 1 aliphatic heterocycles. The summed E-state index contributed by atoms with van der Waals surface area (Å²) < 4.78 is 34.2. The Balaban J connectivity index is 0.000000152. The van der Waals surface area contributed by atoms with E-state index in [1.165, 1.54) is 61.1 Å². The fraction of sp³-hybridized carbons (Fsp3) is 0.213. The first-order valence-electron chi connectivity index (χ1n) is 40.4. The molecule has 652 valence electrons. The van der Waals surface area contributed by atoms with Gasteiger partial charge in [0.15, 0.2) is 22.9 Å². The average molecular weight is 1720 g/mol. The number of carbonyl (C=O) groups excluding carboxylic acids is 3. The van der Waals surface area contributed by atoms with Crippen LogP contribution >= 0.6 is 0 Å². The van der Waals surface area contributed by atoms with E-state index in [0.717, 1.165) is 51.4 Å². The van der Waals surface area contributed by atoms with Crippen molar-refractivity contribution >= 4 is 105 Å². The maximum Gasteiger partial charge on any atom is 0.488 e. The molecule has 5 aromatic heterocycles. The molecule has 6 heterocycles. The number of nitrogen functional groups attached to an aromatic ring is 4. The van der Waals surface area contributed by atoms with Crippen LogP contribution in [-0.2, 0) is 25.5 Å². The first-order valence-corrected chi connectivity index (χ1v) is 40.4. The van der Waals surface area contributed by atoms with Gasteiger partial charge in [0.25, 0.3) is 0 Å². The Labute approximate surface area is 732 Å². The standard InChI is InChI=1S/C30H30N6O4.C25H22N6O2.C18H21N5O3.C13H13BO3.C8H13NO2/c1-18-13-20(34-28(37)40-30(3,4)5)16-21(14-18)35-27-25(26(31)32-17-33-27)36(29(35)38)24-12-11-23(15-19(24)2)39-22-9-7-6-8-10-22;1-15-10-17(26)13-18(11-15)30-24-22(23(27)28-14-29-24)31(25(30)32)21-9-8-20(12-16(21)2)33-19-6-4-3-5-7-19;1-10-5-11(22-17(25)26-18(2,3)4)7-12(6-10)23-14(24)8-13-15(19)20-9-21-16(13)23;1-10-9-12(7-8-13(10)14(15)16)17-11-5-3-2-4-6-11;1-9(7-4-5-7)6-2-3-8(10)11/h6-17H,1-5H3,(H,34,37)(H2,31,32,33);3-14H,26H2,1-2H3,(H2,27,28,29);5-7,9H,8H2,1-4H3,(H,22,25)(H2,19,20,21);2-9,15-16H,1H3;2-3,7H,4-6H2,1H3,(H,10,11)/b;;;;3-2+. The van der Waals surface area contributed by atoms with Gasteiger partial charge in [-0.15, -0.1) is 0 Å². The quantitative estimate of drug-likeness (QED) is 0.0219. The Morgan fingerprint density at radius 1 is 0.488 bits per heavy atom. The lowest BCUT2D eigenvalue weighted by Gasteiger charge is -2.21. The van der Waals surface area contributed by atoms with Crippen molar-refractivity contribution in [2.24, 2.45) is 0 Å². The van der Waals surface area contributed by atoms with Gasteiger partial charge in [0, 0.05) is 41.3 Å². The lowest BCUT2D eigenvalue weighted by Crippen LogP contribution is -2.31. The molecule has 3 amide bonds. The summed E-state index contributed by atoms with van der Waals surface area (Å²) in [6, 6.07) is 61.3. The smallest absolute Gasteiger partial charge is 0.478 e. The number of hydrogen-bond acceptors (Lipinski definition) is 24. The summed E-state index contributed by atoms with van der Waals surface area (Å²) >= 11 is 0. The number of nitrogens with zero attached hydrogens (tertiary/aromatic N) is 12. The first kappa shape index (κ1) is 90.7. The molecular formula is C94H99BN18O14. The summed E-state index contributed by atoms with van der Waals surface area (Å²) in [4.78, 5) is 104. The Morgan fingerprint density at radius 3 is 1.31 bits per heavy atom. The van der Waals surface area contributed by atoms with E-state index < -0.39 is 42.2 Å². The second-order valence-corrected chi connectivity index (χ2v) is 32.2. The van der Waals surface area contributed by atoms with Crippen molar-refractivity contribution in [2.45, 2.75) is 120 Å². The van der Waals surface area contributed by atoms with Gasteiger partial charge in [-0.25, -0.2) is 63.0 Å². The molecule has 13 N–H and O–H groups in total. The topological polar surface area (TPSA) is 441 Å². The van der Waals surface area contributed by atoms with Gasteiger partial charge in [-0.1, -0.05) is 66.7 Å². The summed E-state index contributed by atoms with van der Waals surface area (Å²) in [5.41, 5.74) is 34.6. The molecule has 2 aliphatic rings. The Bertz CT molecular complexity index is 6520. The predicted octanol–water partition coefficient (Wildman–Crippen LogP) is 15.2. The summed E-state index contributed by atoms with van der Waals surface area (Å²) in [6.45, 7) is 22.7. The van der Waals surface area contributed by atoms with Crippen LogP contribution < -0.4 is 69.5 Å². The van der Waals surface area contributed by atoms with Crippen molar-refractivity contribution in [3.63, 3.8) is 0 Å². The van der Waals surface area contributed by atoms with Crippen LogP contribution in [-0.4, -0.2) is 130 Å². The van der Waals surface area contributed by atoms with Gasteiger partial charge < -0.3 is 61.8 Å². The number of anilines is 8. The number of ether oxygens (including phenoxy) is 5. The number of imidazole rings is 2. The molecule has 0 saturated heterocycles. The van der Waals surface area contributed by atoms with Crippen molar-refractivity contribution in [1.82, 2.24) is 53.1 Å². The highest BCUT2D eigenvalue weighted by atomic mass is 16.6. The zero-order valence-electron chi connectivity index (χ0n) is 72.4. The van der Waals surface area contributed by atoms with E-state index in [9.17, 15) is 28.8 Å². The minimum absolute atomic E-state index is 0.144. The van der Waals surface area contributed by atoms with E-state index in [2.05, 4.69) is 45.4 Å². The van der Waals surface area contributed by atoms with E-state index in [0.29, 0.717) is 120 Å². The van der Waals surface area contributed by atoms with Crippen LogP contribution in [0.15, 0.2) is 241 Å². The molecule has 0 radical (unpaired) electrons. The fourth-order valence-electron chi connectivity index (χ4n) is 13.8. The van der Waals surface area contributed by atoms with Crippen LogP contribution in [0.25, 0.3) is 45.1 Å². The highest BCUT2D eigenvalue weighted by Crippen LogP contribution is 2.39. The average Bonchev–Trinajstić information content (AvgIpc) is 1.59. The number of carboxylic acids is 1. The highest BCUT2D eigenvalue weighted by Gasteiger charge is 2.34. The molecule has 16 rings (SSSR count). The third-order valence-corrected chi connectivity index (χ3v) is 19.4. The van der Waals surface area contributed by atoms with Gasteiger partial charge in [0.1, 0.15) is 87.4 Å².